The summed E-state index contributed by atoms with van der Waals surface area (Å²) in [5.74, 6) is -0.124. The van der Waals surface area contributed by atoms with Crippen LogP contribution in [0.3, 0.4) is 0 Å². The molecule has 0 bridgehead atoms. The summed E-state index contributed by atoms with van der Waals surface area (Å²) in [5, 5.41) is 0. The second kappa shape index (κ2) is 3.30. The van der Waals surface area contributed by atoms with Crippen molar-refractivity contribution in [2.75, 3.05) is 0 Å². The van der Waals surface area contributed by atoms with Crippen LogP contribution in [0.5, 0.6) is 0 Å². The normalized spacial score (nSPS) is 8.70. The molecule has 1 aromatic carbocycles. The van der Waals surface area contributed by atoms with E-state index in [1.54, 1.807) is 13.0 Å². The molecule has 0 fully saturated rings. The zero-order valence-corrected chi connectivity index (χ0v) is 6.02. The molecule has 0 aliphatic rings. The Hall–Kier alpha value is -0.920. The highest BCUT2D eigenvalue weighted by Crippen LogP contribution is 2.06. The van der Waals surface area contributed by atoms with Gasteiger partial charge in [0.1, 0.15) is 5.82 Å². The van der Waals surface area contributed by atoms with Gasteiger partial charge < -0.3 is 0 Å². The Morgan fingerprint density at radius 2 is 1.80 bits per heavy atom. The fourth-order valence-electron chi connectivity index (χ4n) is 0.795. The molecular weight excluding hydrogens is 134 g/mol. The van der Waals surface area contributed by atoms with Crippen LogP contribution in [0.2, 0.25) is 0 Å². The van der Waals surface area contributed by atoms with Crippen molar-refractivity contribution in [2.45, 2.75) is 13.8 Å². The minimum Gasteiger partial charge on any atom is -0.269 e. The van der Waals surface area contributed by atoms with Gasteiger partial charge >= 0.3 is 0 Å². The van der Waals surface area contributed by atoms with Gasteiger partial charge in [-0.05, 0) is 25.5 Å². The number of halogens is 2. The van der Waals surface area contributed by atoms with E-state index in [4.69, 9.17) is 0 Å². The third-order valence-electron chi connectivity index (χ3n) is 1.31. The summed E-state index contributed by atoms with van der Waals surface area (Å²) in [7, 11) is 0. The van der Waals surface area contributed by atoms with Crippen LogP contribution in [0.1, 0.15) is 11.1 Å². The van der Waals surface area contributed by atoms with Gasteiger partial charge in [0.2, 0.25) is 0 Å². The van der Waals surface area contributed by atoms with Gasteiger partial charge in [-0.2, -0.15) is 0 Å². The fraction of sp³-hybridized carbons (Fsp3) is 0.250. The smallest absolute Gasteiger partial charge is 0.126 e. The zero-order chi connectivity index (χ0) is 6.85. The maximum Gasteiger partial charge on any atom is 0.126 e. The molecule has 0 amide bonds. The van der Waals surface area contributed by atoms with Crippen molar-refractivity contribution >= 4 is 0 Å². The molecule has 10 heavy (non-hydrogen) atoms. The zero-order valence-electron chi connectivity index (χ0n) is 6.02. The van der Waals surface area contributed by atoms with Gasteiger partial charge in [-0.25, -0.2) is 4.39 Å². The number of hydrogen-bond donors (Lipinski definition) is 0. The summed E-state index contributed by atoms with van der Waals surface area (Å²) in [6.07, 6.45) is 0. The van der Waals surface area contributed by atoms with Gasteiger partial charge in [-0.1, -0.05) is 17.7 Å². The Bertz CT molecular complexity index is 218. The van der Waals surface area contributed by atoms with Crippen LogP contribution < -0.4 is 0 Å². The lowest BCUT2D eigenvalue weighted by Crippen LogP contribution is -1.81. The topological polar surface area (TPSA) is 0 Å². The Morgan fingerprint density at radius 1 is 1.20 bits per heavy atom. The molecule has 0 N–H and O–H groups in total. The highest BCUT2D eigenvalue weighted by atomic mass is 19.1. The Balaban J connectivity index is 0.000000810. The van der Waals surface area contributed by atoms with Crippen molar-refractivity contribution in [1.82, 2.24) is 0 Å². The van der Waals surface area contributed by atoms with E-state index in [-0.39, 0.29) is 10.5 Å². The van der Waals surface area contributed by atoms with Crippen molar-refractivity contribution in [2.24, 2.45) is 0 Å². The van der Waals surface area contributed by atoms with Gasteiger partial charge in [0.15, 0.2) is 0 Å². The van der Waals surface area contributed by atoms with Crippen molar-refractivity contribution in [3.05, 3.63) is 35.1 Å². The average Bonchev–Trinajstić information content (AvgIpc) is 1.80. The molecular formula is C8H10F2. The number of rotatable bonds is 0. The van der Waals surface area contributed by atoms with E-state index in [9.17, 15) is 4.39 Å². The molecule has 0 saturated carbocycles. The molecule has 0 atom stereocenters. The number of benzene rings is 1. The summed E-state index contributed by atoms with van der Waals surface area (Å²) in [6, 6.07) is 5.09. The SMILES string of the molecule is Cc1ccc(F)c(C)c1.F. The lowest BCUT2D eigenvalue weighted by atomic mass is 10.1. The number of hydrogen-bond acceptors (Lipinski definition) is 0. The Labute approximate surface area is 59.1 Å². The van der Waals surface area contributed by atoms with Gasteiger partial charge in [-0.3, -0.25) is 4.70 Å². The first kappa shape index (κ1) is 9.08. The number of aryl methyl sites for hydroxylation is 2. The molecule has 1 aromatic rings. The molecule has 0 aliphatic heterocycles. The van der Waals surface area contributed by atoms with E-state index in [0.717, 1.165) is 11.1 Å². The van der Waals surface area contributed by atoms with Gasteiger partial charge in [0.05, 0.1) is 0 Å². The van der Waals surface area contributed by atoms with E-state index in [2.05, 4.69) is 0 Å². The molecule has 0 heterocycles. The Morgan fingerprint density at radius 3 is 2.20 bits per heavy atom. The molecule has 1 rings (SSSR count). The van der Waals surface area contributed by atoms with Crippen molar-refractivity contribution in [3.8, 4) is 0 Å². The summed E-state index contributed by atoms with van der Waals surface area (Å²) in [4.78, 5) is 0. The third-order valence-corrected chi connectivity index (χ3v) is 1.31. The lowest BCUT2D eigenvalue weighted by Gasteiger charge is -1.95. The molecule has 0 aliphatic carbocycles. The highest BCUT2D eigenvalue weighted by molar-refractivity contribution is 5.22. The highest BCUT2D eigenvalue weighted by Gasteiger charge is 1.93. The summed E-state index contributed by atoms with van der Waals surface area (Å²) in [5.41, 5.74) is 1.82. The second-order valence-electron chi connectivity index (χ2n) is 2.25. The van der Waals surface area contributed by atoms with E-state index >= 15 is 0 Å². The first-order valence-corrected chi connectivity index (χ1v) is 2.93. The van der Waals surface area contributed by atoms with Crippen molar-refractivity contribution in [1.29, 1.82) is 0 Å². The summed E-state index contributed by atoms with van der Waals surface area (Å²) >= 11 is 0. The summed E-state index contributed by atoms with van der Waals surface area (Å²) < 4.78 is 12.5. The van der Waals surface area contributed by atoms with Gasteiger partial charge in [0.25, 0.3) is 0 Å². The van der Waals surface area contributed by atoms with Crippen LogP contribution in [0.15, 0.2) is 18.2 Å². The molecule has 0 radical (unpaired) electrons. The first-order chi connectivity index (χ1) is 4.20. The van der Waals surface area contributed by atoms with Crippen LogP contribution in [0.4, 0.5) is 9.09 Å². The van der Waals surface area contributed by atoms with Crippen LogP contribution >= 0.6 is 0 Å². The van der Waals surface area contributed by atoms with Crippen molar-refractivity contribution < 1.29 is 9.09 Å². The monoisotopic (exact) mass is 144 g/mol. The molecule has 56 valence electrons. The molecule has 0 aromatic heterocycles. The minimum absolute atomic E-state index is 0. The maximum atomic E-state index is 12.5. The Kier molecular flexibility index (Phi) is 3.00. The van der Waals surface area contributed by atoms with Crippen LogP contribution in [-0.2, 0) is 0 Å². The third kappa shape index (κ3) is 1.79. The fourth-order valence-corrected chi connectivity index (χ4v) is 0.795. The quantitative estimate of drug-likeness (QED) is 0.525. The lowest BCUT2D eigenvalue weighted by molar-refractivity contribution is 0.618. The molecule has 0 spiro atoms. The predicted molar refractivity (Wildman–Crippen MR) is 38.4 cm³/mol. The van der Waals surface area contributed by atoms with E-state index in [1.165, 1.54) is 6.07 Å². The largest absolute Gasteiger partial charge is 0.269 e. The molecule has 0 unspecified atom stereocenters. The second-order valence-corrected chi connectivity index (χ2v) is 2.25. The van der Waals surface area contributed by atoms with Crippen molar-refractivity contribution in [3.63, 3.8) is 0 Å². The van der Waals surface area contributed by atoms with E-state index in [0.29, 0.717) is 0 Å². The van der Waals surface area contributed by atoms with Crippen LogP contribution in [0, 0.1) is 19.7 Å². The predicted octanol–water partition coefficient (Wildman–Crippen LogP) is 2.60. The standard InChI is InChI=1S/C8H9F.FH/c1-6-3-4-8(9)7(2)5-6;/h3-5H,1-2H3;1H. The van der Waals surface area contributed by atoms with Gasteiger partial charge in [-0.15, -0.1) is 0 Å². The van der Waals surface area contributed by atoms with E-state index in [1.807, 2.05) is 13.0 Å². The maximum absolute atomic E-state index is 12.5. The van der Waals surface area contributed by atoms with Crippen LogP contribution in [-0.4, -0.2) is 0 Å². The molecule has 0 saturated heterocycles. The summed E-state index contributed by atoms with van der Waals surface area (Å²) in [6.45, 7) is 3.72. The molecule has 0 nitrogen and oxygen atoms in total. The molecule has 2 heteroatoms. The van der Waals surface area contributed by atoms with Gasteiger partial charge in [0, 0.05) is 0 Å². The van der Waals surface area contributed by atoms with Crippen LogP contribution in [0.25, 0.3) is 0 Å². The minimum atomic E-state index is -0.124. The first-order valence-electron chi connectivity index (χ1n) is 2.93. The average molecular weight is 144 g/mol. The van der Waals surface area contributed by atoms with E-state index < -0.39 is 0 Å².